The number of hydrogen-bond acceptors (Lipinski definition) is 3. The van der Waals surface area contributed by atoms with Gasteiger partial charge in [0.15, 0.2) is 0 Å². The summed E-state index contributed by atoms with van der Waals surface area (Å²) in [4.78, 5) is 0. The summed E-state index contributed by atoms with van der Waals surface area (Å²) in [5.74, 6) is 0.0673. The zero-order valence-corrected chi connectivity index (χ0v) is 10.0. The Morgan fingerprint density at radius 2 is 1.93 bits per heavy atom. The van der Waals surface area contributed by atoms with E-state index < -0.39 is 15.5 Å². The van der Waals surface area contributed by atoms with E-state index in [0.29, 0.717) is 25.7 Å². The molecule has 90 valence electrons. The van der Waals surface area contributed by atoms with Crippen LogP contribution >= 0.6 is 0 Å². The fourth-order valence-corrected chi connectivity index (χ4v) is 2.86. The van der Waals surface area contributed by atoms with Gasteiger partial charge < -0.3 is 5.73 Å². The van der Waals surface area contributed by atoms with Gasteiger partial charge in [-0.1, -0.05) is 6.92 Å². The normalized spacial score (nSPS) is 32.9. The van der Waals surface area contributed by atoms with Gasteiger partial charge in [-0.2, -0.15) is 0 Å². The molecule has 1 aliphatic carbocycles. The molecule has 15 heavy (non-hydrogen) atoms. The molecule has 5 heteroatoms. The number of nitrogens with two attached hydrogens (primary N) is 1. The van der Waals surface area contributed by atoms with Gasteiger partial charge in [0.25, 0.3) is 0 Å². The first-order chi connectivity index (χ1) is 6.87. The van der Waals surface area contributed by atoms with Gasteiger partial charge >= 0.3 is 0 Å². The smallest absolute Gasteiger partial charge is 0.150 e. The van der Waals surface area contributed by atoms with Gasteiger partial charge in [-0.05, 0) is 32.1 Å². The van der Waals surface area contributed by atoms with Crippen molar-refractivity contribution < 1.29 is 12.8 Å². The predicted molar refractivity (Wildman–Crippen MR) is 59.2 cm³/mol. The second-order valence-electron chi connectivity index (χ2n) is 4.47. The van der Waals surface area contributed by atoms with Gasteiger partial charge in [-0.25, -0.2) is 12.8 Å². The third-order valence-corrected chi connectivity index (χ3v) is 4.93. The summed E-state index contributed by atoms with van der Waals surface area (Å²) in [5.41, 5.74) is 4.39. The van der Waals surface area contributed by atoms with E-state index >= 15 is 0 Å². The van der Waals surface area contributed by atoms with Crippen molar-refractivity contribution in [2.75, 3.05) is 11.5 Å². The van der Waals surface area contributed by atoms with Crippen molar-refractivity contribution >= 4 is 9.84 Å². The molecule has 0 bridgehead atoms. The van der Waals surface area contributed by atoms with Gasteiger partial charge in [0.05, 0.1) is 5.75 Å². The topological polar surface area (TPSA) is 60.2 Å². The van der Waals surface area contributed by atoms with Crippen molar-refractivity contribution in [1.29, 1.82) is 0 Å². The van der Waals surface area contributed by atoms with E-state index in [1.807, 2.05) is 0 Å². The standard InChI is InChI=1S/C10H20FNO2S/c1-2-15(13,14)8-7-10(11)5-3-9(12)4-6-10/h9H,2-8,12H2,1H3. The highest BCUT2D eigenvalue weighted by Crippen LogP contribution is 2.34. The Bertz CT molecular complexity index is 295. The highest BCUT2D eigenvalue weighted by atomic mass is 32.2. The second-order valence-corrected chi connectivity index (χ2v) is 6.95. The van der Waals surface area contributed by atoms with Crippen molar-refractivity contribution in [3.63, 3.8) is 0 Å². The molecule has 2 N–H and O–H groups in total. The summed E-state index contributed by atoms with van der Waals surface area (Å²) in [7, 11) is -3.04. The highest BCUT2D eigenvalue weighted by Gasteiger charge is 2.34. The average Bonchev–Trinajstić information content (AvgIpc) is 2.21. The maximum absolute atomic E-state index is 14.1. The Morgan fingerprint density at radius 3 is 2.40 bits per heavy atom. The van der Waals surface area contributed by atoms with Crippen LogP contribution in [-0.2, 0) is 9.84 Å². The Morgan fingerprint density at radius 1 is 1.40 bits per heavy atom. The van der Waals surface area contributed by atoms with Gasteiger partial charge in [0.1, 0.15) is 15.5 Å². The number of alkyl halides is 1. The molecule has 0 spiro atoms. The molecule has 0 aliphatic heterocycles. The van der Waals surface area contributed by atoms with Crippen LogP contribution in [0.25, 0.3) is 0 Å². The zero-order chi connectivity index (χ0) is 11.5. The summed E-state index contributed by atoms with van der Waals surface area (Å²) in [6, 6.07) is 0.0941. The van der Waals surface area contributed by atoms with Crippen LogP contribution in [0.5, 0.6) is 0 Å². The van der Waals surface area contributed by atoms with E-state index in [4.69, 9.17) is 5.73 Å². The molecular weight excluding hydrogens is 217 g/mol. The first-order valence-electron chi connectivity index (χ1n) is 5.52. The summed E-state index contributed by atoms with van der Waals surface area (Å²) >= 11 is 0. The minimum atomic E-state index is -3.04. The van der Waals surface area contributed by atoms with E-state index in [2.05, 4.69) is 0 Å². The second kappa shape index (κ2) is 4.78. The summed E-state index contributed by atoms with van der Waals surface area (Å²) in [6.07, 6.45) is 2.29. The Kier molecular flexibility index (Phi) is 4.12. The summed E-state index contributed by atoms with van der Waals surface area (Å²) in [6.45, 7) is 1.59. The molecule has 3 nitrogen and oxygen atoms in total. The Labute approximate surface area is 91.1 Å². The first-order valence-corrected chi connectivity index (χ1v) is 7.34. The fourth-order valence-electron chi connectivity index (χ4n) is 1.89. The zero-order valence-electron chi connectivity index (χ0n) is 9.21. The molecule has 1 fully saturated rings. The quantitative estimate of drug-likeness (QED) is 0.804. The van der Waals surface area contributed by atoms with Gasteiger partial charge in [-0.3, -0.25) is 0 Å². The maximum Gasteiger partial charge on any atom is 0.150 e. The van der Waals surface area contributed by atoms with E-state index in [1.54, 1.807) is 6.92 Å². The largest absolute Gasteiger partial charge is 0.328 e. The third-order valence-electron chi connectivity index (χ3n) is 3.23. The molecule has 0 radical (unpaired) electrons. The van der Waals surface area contributed by atoms with Crippen molar-refractivity contribution in [1.82, 2.24) is 0 Å². The lowest BCUT2D eigenvalue weighted by molar-refractivity contribution is 0.0956. The molecule has 0 aromatic carbocycles. The molecule has 0 atom stereocenters. The monoisotopic (exact) mass is 237 g/mol. The lowest BCUT2D eigenvalue weighted by Gasteiger charge is -2.32. The van der Waals surface area contributed by atoms with E-state index in [0.717, 1.165) is 0 Å². The fraction of sp³-hybridized carbons (Fsp3) is 1.00. The highest BCUT2D eigenvalue weighted by molar-refractivity contribution is 7.91. The number of sulfone groups is 1. The third kappa shape index (κ3) is 4.07. The van der Waals surface area contributed by atoms with Crippen molar-refractivity contribution in [2.24, 2.45) is 5.73 Å². The average molecular weight is 237 g/mol. The van der Waals surface area contributed by atoms with Crippen LogP contribution in [0.15, 0.2) is 0 Å². The molecule has 0 heterocycles. The number of halogens is 1. The van der Waals surface area contributed by atoms with Crippen LogP contribution < -0.4 is 5.73 Å². The number of hydrogen-bond donors (Lipinski definition) is 1. The van der Waals surface area contributed by atoms with Gasteiger partial charge in [0, 0.05) is 11.8 Å². The van der Waals surface area contributed by atoms with Crippen LogP contribution in [0.1, 0.15) is 39.0 Å². The summed E-state index contributed by atoms with van der Waals surface area (Å²) in [5, 5.41) is 0. The van der Waals surface area contributed by atoms with Crippen LogP contribution in [-0.4, -0.2) is 31.6 Å². The SMILES string of the molecule is CCS(=O)(=O)CCC1(F)CCC(N)CC1. The van der Waals surface area contributed by atoms with Crippen molar-refractivity contribution in [3.05, 3.63) is 0 Å². The van der Waals surface area contributed by atoms with Crippen LogP contribution in [0.4, 0.5) is 4.39 Å². The molecule has 1 saturated carbocycles. The molecule has 1 rings (SSSR count). The van der Waals surface area contributed by atoms with Gasteiger partial charge in [-0.15, -0.1) is 0 Å². The summed E-state index contributed by atoms with van der Waals surface area (Å²) < 4.78 is 36.6. The Balaban J connectivity index is 2.44. The molecule has 0 unspecified atom stereocenters. The minimum absolute atomic E-state index is 0.0325. The van der Waals surface area contributed by atoms with Crippen molar-refractivity contribution in [2.45, 2.75) is 50.7 Å². The van der Waals surface area contributed by atoms with E-state index in [9.17, 15) is 12.8 Å². The lowest BCUT2D eigenvalue weighted by Crippen LogP contribution is -2.37. The molecule has 1 aliphatic rings. The Hall–Kier alpha value is -0.160. The molecule has 0 amide bonds. The molecule has 0 aromatic heterocycles. The lowest BCUT2D eigenvalue weighted by atomic mass is 9.82. The van der Waals surface area contributed by atoms with Gasteiger partial charge in [0.2, 0.25) is 0 Å². The number of rotatable bonds is 4. The first kappa shape index (κ1) is 12.9. The van der Waals surface area contributed by atoms with Crippen LogP contribution in [0.3, 0.4) is 0 Å². The molecular formula is C10H20FNO2S. The maximum atomic E-state index is 14.1. The van der Waals surface area contributed by atoms with E-state index in [1.165, 1.54) is 0 Å². The van der Waals surface area contributed by atoms with Crippen LogP contribution in [0.2, 0.25) is 0 Å². The molecule has 0 aromatic rings. The molecule has 0 saturated heterocycles. The van der Waals surface area contributed by atoms with Crippen molar-refractivity contribution in [3.8, 4) is 0 Å². The minimum Gasteiger partial charge on any atom is -0.328 e. The van der Waals surface area contributed by atoms with Crippen LogP contribution in [0, 0.1) is 0 Å². The van der Waals surface area contributed by atoms with E-state index in [-0.39, 0.29) is 24.0 Å². The predicted octanol–water partition coefficient (Wildman–Crippen LogP) is 1.42.